The minimum Gasteiger partial charge on any atom is -0.381 e. The van der Waals surface area contributed by atoms with Gasteiger partial charge < -0.3 is 15.4 Å². The first kappa shape index (κ1) is 22.0. The predicted molar refractivity (Wildman–Crippen MR) is 112 cm³/mol. The van der Waals surface area contributed by atoms with Crippen LogP contribution in [-0.4, -0.2) is 54.1 Å². The topological polar surface area (TPSA) is 80.3 Å². The summed E-state index contributed by atoms with van der Waals surface area (Å²) in [7, 11) is 0. The van der Waals surface area contributed by atoms with Gasteiger partial charge in [0.1, 0.15) is 0 Å². The van der Waals surface area contributed by atoms with Crippen molar-refractivity contribution in [3.8, 4) is 0 Å². The Kier molecular flexibility index (Phi) is 10.0. The summed E-state index contributed by atoms with van der Waals surface area (Å²) in [6.07, 6.45) is 3.01. The second kappa shape index (κ2) is 12.3. The van der Waals surface area contributed by atoms with Gasteiger partial charge in [0, 0.05) is 54.7 Å². The molecule has 8 heteroatoms. The molecule has 6 nitrogen and oxygen atoms in total. The zero-order valence-electron chi connectivity index (χ0n) is 15.9. The number of carbonyl (C=O) groups is 2. The summed E-state index contributed by atoms with van der Waals surface area (Å²) >= 11 is 3.49. The van der Waals surface area contributed by atoms with Crippen LogP contribution in [0.15, 0.2) is 18.2 Å². The van der Waals surface area contributed by atoms with Gasteiger partial charge in [0.2, 0.25) is 12.3 Å². The highest BCUT2D eigenvalue weighted by Crippen LogP contribution is 2.20. The molecule has 1 aromatic rings. The first-order chi connectivity index (χ1) is 13.1. The molecular weight excluding hydrogens is 382 g/mol. The normalized spacial score (nSPS) is 15.9. The van der Waals surface area contributed by atoms with E-state index in [0.29, 0.717) is 13.0 Å². The van der Waals surface area contributed by atoms with E-state index in [1.165, 1.54) is 0 Å². The molecule has 2 N–H and O–H groups in total. The van der Waals surface area contributed by atoms with E-state index in [9.17, 15) is 9.59 Å². The molecule has 0 aromatic carbocycles. The fourth-order valence-corrected chi connectivity index (χ4v) is 4.36. The standard InChI is InChI=1S/C19H29N3O3S2/c1-19(6-9-25-10-7-19)22-18(24)5-11-26-13-16-3-2-4-17(21-16)14-27-12-8-20-15-23/h2-4,15H,5-14H2,1H3,(H,20,23)(H,22,24). The van der Waals surface area contributed by atoms with Gasteiger partial charge in [0.05, 0.1) is 11.4 Å². The highest BCUT2D eigenvalue weighted by atomic mass is 32.2. The molecule has 1 fully saturated rings. The third-order valence-corrected chi connectivity index (χ3v) is 6.33. The average Bonchev–Trinajstić information content (AvgIpc) is 2.66. The van der Waals surface area contributed by atoms with Crippen LogP contribution in [0.4, 0.5) is 0 Å². The van der Waals surface area contributed by atoms with E-state index in [0.717, 1.165) is 66.9 Å². The Balaban J connectivity index is 1.62. The Morgan fingerprint density at radius 1 is 1.22 bits per heavy atom. The number of ether oxygens (including phenoxy) is 1. The molecular formula is C19H29N3O3S2. The molecule has 0 atom stereocenters. The largest absolute Gasteiger partial charge is 0.381 e. The summed E-state index contributed by atoms with van der Waals surface area (Å²) in [5.41, 5.74) is 1.98. The predicted octanol–water partition coefficient (Wildman–Crippen LogP) is 2.37. The van der Waals surface area contributed by atoms with Gasteiger partial charge in [-0.25, -0.2) is 0 Å². The lowest BCUT2D eigenvalue weighted by atomic mass is 9.92. The van der Waals surface area contributed by atoms with Gasteiger partial charge in [0.25, 0.3) is 0 Å². The maximum absolute atomic E-state index is 12.2. The molecule has 1 aromatic heterocycles. The summed E-state index contributed by atoms with van der Waals surface area (Å²) in [5, 5.41) is 5.82. The molecule has 2 rings (SSSR count). The number of hydrogen-bond acceptors (Lipinski definition) is 6. The van der Waals surface area contributed by atoms with Crippen LogP contribution >= 0.6 is 23.5 Å². The number of thioether (sulfide) groups is 2. The molecule has 1 saturated heterocycles. The summed E-state index contributed by atoms with van der Waals surface area (Å²) < 4.78 is 5.36. The van der Waals surface area contributed by atoms with Crippen LogP contribution in [0.5, 0.6) is 0 Å². The molecule has 0 aliphatic carbocycles. The lowest BCUT2D eigenvalue weighted by Gasteiger charge is -2.34. The van der Waals surface area contributed by atoms with E-state index in [1.807, 2.05) is 18.2 Å². The smallest absolute Gasteiger partial charge is 0.221 e. The molecule has 27 heavy (non-hydrogen) atoms. The van der Waals surface area contributed by atoms with E-state index in [1.54, 1.807) is 23.5 Å². The number of nitrogens with one attached hydrogen (secondary N) is 2. The van der Waals surface area contributed by atoms with Crippen LogP contribution in [0.2, 0.25) is 0 Å². The molecule has 1 aliphatic heterocycles. The zero-order chi connectivity index (χ0) is 19.4. The molecule has 150 valence electrons. The third-order valence-electron chi connectivity index (χ3n) is 4.35. The van der Waals surface area contributed by atoms with E-state index >= 15 is 0 Å². The van der Waals surface area contributed by atoms with E-state index in [-0.39, 0.29) is 11.4 Å². The first-order valence-corrected chi connectivity index (χ1v) is 11.6. The fourth-order valence-electron chi connectivity index (χ4n) is 2.74. The number of nitrogens with zero attached hydrogens (tertiary/aromatic N) is 1. The summed E-state index contributed by atoms with van der Waals surface area (Å²) in [6, 6.07) is 6.08. The molecule has 0 saturated carbocycles. The van der Waals surface area contributed by atoms with Gasteiger partial charge in [-0.3, -0.25) is 14.6 Å². The third kappa shape index (κ3) is 8.99. The molecule has 0 radical (unpaired) electrons. The zero-order valence-corrected chi connectivity index (χ0v) is 17.5. The first-order valence-electron chi connectivity index (χ1n) is 9.27. The Bertz CT molecular complexity index is 595. The van der Waals surface area contributed by atoms with Crippen LogP contribution in [0, 0.1) is 0 Å². The number of hydrogen-bond donors (Lipinski definition) is 2. The SMILES string of the molecule is CC1(NC(=O)CCSCc2cccc(CSCCNC=O)n2)CCOCC1. The van der Waals surface area contributed by atoms with Crippen molar-refractivity contribution in [2.24, 2.45) is 0 Å². The minimum absolute atomic E-state index is 0.116. The Morgan fingerprint density at radius 2 is 1.89 bits per heavy atom. The van der Waals surface area contributed by atoms with Crippen molar-refractivity contribution in [1.82, 2.24) is 15.6 Å². The van der Waals surface area contributed by atoms with E-state index < -0.39 is 0 Å². The number of rotatable bonds is 12. The number of carbonyl (C=O) groups excluding carboxylic acids is 2. The fraction of sp³-hybridized carbons (Fsp3) is 0.632. The lowest BCUT2D eigenvalue weighted by molar-refractivity contribution is -0.123. The van der Waals surface area contributed by atoms with Crippen LogP contribution in [0.3, 0.4) is 0 Å². The summed E-state index contributed by atoms with van der Waals surface area (Å²) in [6.45, 7) is 4.22. The summed E-state index contributed by atoms with van der Waals surface area (Å²) in [4.78, 5) is 27.0. The van der Waals surface area contributed by atoms with Crippen molar-refractivity contribution in [2.45, 2.75) is 43.2 Å². The highest BCUT2D eigenvalue weighted by molar-refractivity contribution is 7.98. The quantitative estimate of drug-likeness (QED) is 0.406. The minimum atomic E-state index is -0.116. The number of amides is 2. The Hall–Kier alpha value is -1.25. The molecule has 2 heterocycles. The van der Waals surface area contributed by atoms with Gasteiger partial charge in [-0.15, -0.1) is 0 Å². The van der Waals surface area contributed by atoms with Crippen LogP contribution in [0.25, 0.3) is 0 Å². The van der Waals surface area contributed by atoms with Gasteiger partial charge in [-0.1, -0.05) is 6.07 Å². The molecule has 0 bridgehead atoms. The Morgan fingerprint density at radius 3 is 2.56 bits per heavy atom. The second-order valence-electron chi connectivity index (χ2n) is 6.77. The second-order valence-corrected chi connectivity index (χ2v) is 8.98. The van der Waals surface area contributed by atoms with Crippen molar-refractivity contribution in [2.75, 3.05) is 31.3 Å². The van der Waals surface area contributed by atoms with Crippen LogP contribution in [-0.2, 0) is 25.8 Å². The Labute approximate surface area is 170 Å². The number of pyridine rings is 1. The average molecular weight is 412 g/mol. The molecule has 0 unspecified atom stereocenters. The number of aromatic nitrogens is 1. The highest BCUT2D eigenvalue weighted by Gasteiger charge is 2.28. The van der Waals surface area contributed by atoms with Crippen molar-refractivity contribution in [1.29, 1.82) is 0 Å². The van der Waals surface area contributed by atoms with Gasteiger partial charge in [-0.05, 0) is 31.9 Å². The maximum atomic E-state index is 12.2. The van der Waals surface area contributed by atoms with Gasteiger partial charge in [0.15, 0.2) is 0 Å². The van der Waals surface area contributed by atoms with Crippen molar-refractivity contribution in [3.63, 3.8) is 0 Å². The maximum Gasteiger partial charge on any atom is 0.221 e. The summed E-state index contributed by atoms with van der Waals surface area (Å²) in [5.74, 6) is 3.43. The molecule has 2 amide bonds. The van der Waals surface area contributed by atoms with Crippen molar-refractivity contribution >= 4 is 35.8 Å². The van der Waals surface area contributed by atoms with Crippen LogP contribution in [0.1, 0.15) is 37.6 Å². The molecule has 1 aliphatic rings. The van der Waals surface area contributed by atoms with E-state index in [2.05, 4.69) is 22.5 Å². The van der Waals surface area contributed by atoms with E-state index in [4.69, 9.17) is 4.74 Å². The van der Waals surface area contributed by atoms with Gasteiger partial charge in [-0.2, -0.15) is 23.5 Å². The monoisotopic (exact) mass is 411 g/mol. The van der Waals surface area contributed by atoms with Crippen molar-refractivity contribution in [3.05, 3.63) is 29.6 Å². The lowest BCUT2D eigenvalue weighted by Crippen LogP contribution is -2.49. The van der Waals surface area contributed by atoms with Crippen LogP contribution < -0.4 is 10.6 Å². The van der Waals surface area contributed by atoms with Crippen molar-refractivity contribution < 1.29 is 14.3 Å². The van der Waals surface area contributed by atoms with Gasteiger partial charge >= 0.3 is 0 Å². The molecule has 0 spiro atoms.